The second kappa shape index (κ2) is 10.1. The molecule has 0 aliphatic carbocycles. The number of methoxy groups -OCH3 is 2. The summed E-state index contributed by atoms with van der Waals surface area (Å²) in [5.74, 6) is 1.75. The molecule has 4 aliphatic rings. The highest BCUT2D eigenvalue weighted by Crippen LogP contribution is 2.41. The number of rotatable bonds is 7. The number of hydrogen-bond donors (Lipinski definition) is 0. The van der Waals surface area contributed by atoms with E-state index in [4.69, 9.17) is 18.9 Å². The molecule has 0 unspecified atom stereocenters. The Kier molecular flexibility index (Phi) is 6.64. The van der Waals surface area contributed by atoms with Crippen molar-refractivity contribution < 1.29 is 28.5 Å². The van der Waals surface area contributed by atoms with Gasteiger partial charge in [0, 0.05) is 37.7 Å². The Bertz CT molecular complexity index is 1420. The van der Waals surface area contributed by atoms with Crippen LogP contribution < -0.4 is 18.9 Å². The molecular formula is C30H34N4O6. The Hall–Kier alpha value is -4.08. The van der Waals surface area contributed by atoms with Crippen molar-refractivity contribution in [1.82, 2.24) is 9.80 Å². The Morgan fingerprint density at radius 1 is 0.775 bits per heavy atom. The minimum atomic E-state index is -0.806. The van der Waals surface area contributed by atoms with Gasteiger partial charge in [-0.05, 0) is 51.7 Å². The fourth-order valence-corrected chi connectivity index (χ4v) is 5.79. The maximum Gasteiger partial charge on any atom is 0.256 e. The van der Waals surface area contributed by atoms with Crippen LogP contribution in [0.5, 0.6) is 23.0 Å². The second-order valence-electron chi connectivity index (χ2n) is 11.2. The van der Waals surface area contributed by atoms with Crippen molar-refractivity contribution in [2.24, 2.45) is 9.98 Å². The average Bonchev–Trinajstić information content (AvgIpc) is 3.57. The minimum absolute atomic E-state index is 0.0208. The van der Waals surface area contributed by atoms with E-state index in [-0.39, 0.29) is 30.5 Å². The standard InChI is InChI=1S/C30H34N4O6/c1-30(2,40-27-14-23-21(12-25(27)38-4)29(36)34-10-6-8-19(34)16-32-23)17-39-26-13-22-20(11-24(26)37-3)28(35)33-9-5-7-18(33)15-31-22/h11-16,18-19H,5-10,17H2,1-4H3/t18-,19-/m0/s1. The SMILES string of the molecule is COc1cc2c(cc1OCC(C)(C)Oc1cc3c(cc1OC)C(=O)N1CCC[C@H]1C=N3)N=C[C@@H]1CCCN1C2=O. The topological polar surface area (TPSA) is 102 Å². The lowest BCUT2D eigenvalue weighted by Crippen LogP contribution is -2.36. The van der Waals surface area contributed by atoms with E-state index in [0.29, 0.717) is 45.5 Å². The van der Waals surface area contributed by atoms with Crippen molar-refractivity contribution in [1.29, 1.82) is 0 Å². The monoisotopic (exact) mass is 546 g/mol. The molecule has 2 atom stereocenters. The number of fused-ring (bicyclic) bond motifs is 4. The van der Waals surface area contributed by atoms with Gasteiger partial charge >= 0.3 is 0 Å². The second-order valence-corrected chi connectivity index (χ2v) is 11.2. The van der Waals surface area contributed by atoms with Crippen LogP contribution in [0.1, 0.15) is 60.2 Å². The first-order valence-electron chi connectivity index (χ1n) is 13.7. The van der Waals surface area contributed by atoms with Gasteiger partial charge in [-0.2, -0.15) is 0 Å². The van der Waals surface area contributed by atoms with Crippen LogP contribution in [-0.4, -0.2) is 85.6 Å². The molecule has 2 fully saturated rings. The first-order chi connectivity index (χ1) is 19.3. The minimum Gasteiger partial charge on any atom is -0.493 e. The highest BCUT2D eigenvalue weighted by Gasteiger charge is 2.35. The highest BCUT2D eigenvalue weighted by atomic mass is 16.6. The first-order valence-corrected chi connectivity index (χ1v) is 13.7. The lowest BCUT2D eigenvalue weighted by atomic mass is 10.1. The lowest BCUT2D eigenvalue weighted by molar-refractivity contribution is 0.0485. The summed E-state index contributed by atoms with van der Waals surface area (Å²) in [6.07, 6.45) is 7.48. The van der Waals surface area contributed by atoms with Crippen LogP contribution in [0, 0.1) is 0 Å². The molecule has 2 aromatic rings. The summed E-state index contributed by atoms with van der Waals surface area (Å²) in [4.78, 5) is 39.3. The Morgan fingerprint density at radius 2 is 1.27 bits per heavy atom. The molecule has 10 heteroatoms. The van der Waals surface area contributed by atoms with Crippen LogP contribution in [0.3, 0.4) is 0 Å². The molecule has 0 saturated carbocycles. The van der Waals surface area contributed by atoms with Crippen molar-refractivity contribution in [2.45, 2.75) is 57.2 Å². The molecule has 0 spiro atoms. The summed E-state index contributed by atoms with van der Waals surface area (Å²) >= 11 is 0. The molecule has 0 bridgehead atoms. The molecule has 10 nitrogen and oxygen atoms in total. The van der Waals surface area contributed by atoms with Gasteiger partial charge in [-0.25, -0.2) is 0 Å². The third kappa shape index (κ3) is 4.65. The van der Waals surface area contributed by atoms with Crippen molar-refractivity contribution >= 4 is 35.6 Å². The van der Waals surface area contributed by atoms with Crippen LogP contribution in [-0.2, 0) is 0 Å². The summed E-state index contributed by atoms with van der Waals surface area (Å²) in [6, 6.07) is 6.95. The number of nitrogens with zero attached hydrogens (tertiary/aromatic N) is 4. The maximum atomic E-state index is 13.2. The van der Waals surface area contributed by atoms with Crippen molar-refractivity contribution in [3.8, 4) is 23.0 Å². The number of carbonyl (C=O) groups is 2. The van der Waals surface area contributed by atoms with E-state index < -0.39 is 5.60 Å². The summed E-state index contributed by atoms with van der Waals surface area (Å²) < 4.78 is 23.8. The van der Waals surface area contributed by atoms with Gasteiger partial charge in [-0.1, -0.05) is 0 Å². The van der Waals surface area contributed by atoms with Crippen LogP contribution in [0.25, 0.3) is 0 Å². The summed E-state index contributed by atoms with van der Waals surface area (Å²) in [5, 5.41) is 0. The van der Waals surface area contributed by atoms with E-state index in [0.717, 1.165) is 38.8 Å². The molecule has 0 radical (unpaired) electrons. The fourth-order valence-electron chi connectivity index (χ4n) is 5.79. The van der Waals surface area contributed by atoms with Crippen molar-refractivity contribution in [3.63, 3.8) is 0 Å². The number of amides is 2. The fraction of sp³-hybridized carbons (Fsp3) is 0.467. The summed E-state index contributed by atoms with van der Waals surface area (Å²) in [7, 11) is 3.10. The Labute approximate surface area is 233 Å². The smallest absolute Gasteiger partial charge is 0.256 e. The van der Waals surface area contributed by atoms with E-state index in [1.807, 2.05) is 36.1 Å². The molecule has 40 heavy (non-hydrogen) atoms. The zero-order valence-corrected chi connectivity index (χ0v) is 23.3. The molecule has 4 heterocycles. The third-order valence-electron chi connectivity index (χ3n) is 7.88. The predicted molar refractivity (Wildman–Crippen MR) is 151 cm³/mol. The van der Waals surface area contributed by atoms with Gasteiger partial charge in [-0.15, -0.1) is 0 Å². The van der Waals surface area contributed by atoms with Gasteiger partial charge < -0.3 is 28.7 Å². The average molecular weight is 547 g/mol. The van der Waals surface area contributed by atoms with Gasteiger partial charge in [0.05, 0.1) is 48.8 Å². The molecular weight excluding hydrogens is 512 g/mol. The molecule has 4 aliphatic heterocycles. The van der Waals surface area contributed by atoms with Crippen LogP contribution in [0.2, 0.25) is 0 Å². The van der Waals surface area contributed by atoms with Crippen LogP contribution >= 0.6 is 0 Å². The first kappa shape index (κ1) is 26.2. The molecule has 2 amide bonds. The number of carbonyl (C=O) groups excluding carboxylic acids is 2. The van der Waals surface area contributed by atoms with Crippen molar-refractivity contribution in [3.05, 3.63) is 35.4 Å². The van der Waals surface area contributed by atoms with E-state index >= 15 is 0 Å². The van der Waals surface area contributed by atoms with Gasteiger partial charge in [-0.3, -0.25) is 19.6 Å². The Morgan fingerprint density at radius 3 is 1.80 bits per heavy atom. The maximum absolute atomic E-state index is 13.2. The van der Waals surface area contributed by atoms with Crippen LogP contribution in [0.15, 0.2) is 34.3 Å². The lowest BCUT2D eigenvalue weighted by Gasteiger charge is -2.28. The van der Waals surface area contributed by atoms with E-state index in [1.165, 1.54) is 0 Å². The number of hydrogen-bond acceptors (Lipinski definition) is 8. The predicted octanol–water partition coefficient (Wildman–Crippen LogP) is 4.58. The number of ether oxygens (including phenoxy) is 4. The zero-order valence-electron chi connectivity index (χ0n) is 23.3. The highest BCUT2D eigenvalue weighted by molar-refractivity contribution is 6.04. The quantitative estimate of drug-likeness (QED) is 0.504. The van der Waals surface area contributed by atoms with Gasteiger partial charge in [0.25, 0.3) is 11.8 Å². The zero-order chi connectivity index (χ0) is 28.0. The third-order valence-corrected chi connectivity index (χ3v) is 7.88. The van der Waals surface area contributed by atoms with E-state index in [9.17, 15) is 9.59 Å². The molecule has 2 saturated heterocycles. The largest absolute Gasteiger partial charge is 0.493 e. The van der Waals surface area contributed by atoms with Crippen LogP contribution in [0.4, 0.5) is 11.4 Å². The Balaban J connectivity index is 1.23. The molecule has 0 N–H and O–H groups in total. The molecule has 6 rings (SSSR count). The van der Waals surface area contributed by atoms with Gasteiger partial charge in [0.2, 0.25) is 0 Å². The van der Waals surface area contributed by atoms with E-state index in [2.05, 4.69) is 9.98 Å². The summed E-state index contributed by atoms with van der Waals surface area (Å²) in [6.45, 7) is 5.41. The molecule has 2 aromatic carbocycles. The van der Waals surface area contributed by atoms with Gasteiger partial charge in [0.15, 0.2) is 23.0 Å². The number of benzene rings is 2. The van der Waals surface area contributed by atoms with Gasteiger partial charge in [0.1, 0.15) is 12.2 Å². The number of aliphatic imine (C=N–C) groups is 2. The molecule has 210 valence electrons. The summed E-state index contributed by atoms with van der Waals surface area (Å²) in [5.41, 5.74) is 1.32. The van der Waals surface area contributed by atoms with E-state index in [1.54, 1.807) is 38.5 Å². The molecule has 0 aromatic heterocycles. The van der Waals surface area contributed by atoms with Crippen molar-refractivity contribution in [2.75, 3.05) is 33.9 Å². The normalized spacial score (nSPS) is 21.3.